The Bertz CT molecular complexity index is 392. The molecule has 1 aromatic carbocycles. The maximum absolute atomic E-state index is 11.5. The van der Waals surface area contributed by atoms with Crippen molar-refractivity contribution in [1.29, 1.82) is 0 Å². The smallest absolute Gasteiger partial charge is 0.239 e. The second-order valence-corrected chi connectivity index (χ2v) is 4.02. The van der Waals surface area contributed by atoms with E-state index in [9.17, 15) is 4.79 Å². The van der Waals surface area contributed by atoms with Crippen LogP contribution in [0.3, 0.4) is 0 Å². The van der Waals surface area contributed by atoms with Gasteiger partial charge < -0.3 is 21.7 Å². The Morgan fingerprint density at radius 2 is 2.06 bits per heavy atom. The summed E-state index contributed by atoms with van der Waals surface area (Å²) in [5, 5.41) is 2.82. The number of hydrogen-bond donors (Lipinski definition) is 3. The van der Waals surface area contributed by atoms with Gasteiger partial charge in [0.15, 0.2) is 0 Å². The highest BCUT2D eigenvalue weighted by molar-refractivity contribution is 5.82. The van der Waals surface area contributed by atoms with Crippen LogP contribution in [0.4, 0.5) is 17.1 Å². The lowest BCUT2D eigenvalue weighted by atomic mass is 10.2. The van der Waals surface area contributed by atoms with Gasteiger partial charge in [-0.15, -0.1) is 0 Å². The minimum atomic E-state index is 0.00439. The zero-order chi connectivity index (χ0) is 12.8. The van der Waals surface area contributed by atoms with E-state index in [-0.39, 0.29) is 5.91 Å². The summed E-state index contributed by atoms with van der Waals surface area (Å²) in [7, 11) is 1.84. The van der Waals surface area contributed by atoms with Crippen LogP contribution >= 0.6 is 0 Å². The minimum Gasteiger partial charge on any atom is -0.397 e. The first-order valence-corrected chi connectivity index (χ1v) is 5.67. The topological polar surface area (TPSA) is 84.4 Å². The van der Waals surface area contributed by atoms with E-state index in [0.717, 1.165) is 12.1 Å². The molecule has 0 aromatic heterocycles. The number of benzene rings is 1. The zero-order valence-electron chi connectivity index (χ0n) is 10.4. The number of carbonyl (C=O) groups is 1. The van der Waals surface area contributed by atoms with Crippen molar-refractivity contribution in [1.82, 2.24) is 5.32 Å². The number of nitrogen functional groups attached to an aromatic ring is 2. The van der Waals surface area contributed by atoms with Gasteiger partial charge in [0, 0.05) is 19.3 Å². The van der Waals surface area contributed by atoms with E-state index in [4.69, 9.17) is 11.5 Å². The molecule has 0 atom stereocenters. The molecule has 0 bridgehead atoms. The molecule has 0 saturated carbocycles. The number of amides is 1. The van der Waals surface area contributed by atoms with Gasteiger partial charge in [-0.05, 0) is 24.6 Å². The first-order chi connectivity index (χ1) is 8.04. The number of nitrogens with two attached hydrogens (primary N) is 2. The van der Waals surface area contributed by atoms with Crippen molar-refractivity contribution in [3.05, 3.63) is 18.2 Å². The average molecular weight is 236 g/mol. The standard InChI is InChI=1S/C12H20N4O/c1-3-6-15-12(17)8-16(2)9-4-5-10(13)11(14)7-9/h4-5,7H,3,6,8,13-14H2,1-2H3,(H,15,17). The molecule has 5 nitrogen and oxygen atoms in total. The summed E-state index contributed by atoms with van der Waals surface area (Å²) in [6.45, 7) is 3.03. The number of nitrogens with zero attached hydrogens (tertiary/aromatic N) is 1. The highest BCUT2D eigenvalue weighted by Crippen LogP contribution is 2.21. The fourth-order valence-electron chi connectivity index (χ4n) is 1.43. The fraction of sp³-hybridized carbons (Fsp3) is 0.417. The van der Waals surface area contributed by atoms with E-state index in [0.29, 0.717) is 24.5 Å². The SMILES string of the molecule is CCCNC(=O)CN(C)c1ccc(N)c(N)c1. The molecule has 0 unspecified atom stereocenters. The van der Waals surface area contributed by atoms with Gasteiger partial charge in [0.25, 0.3) is 0 Å². The molecule has 0 spiro atoms. The molecule has 0 heterocycles. The van der Waals surface area contributed by atoms with E-state index in [1.807, 2.05) is 24.9 Å². The van der Waals surface area contributed by atoms with Crippen LogP contribution in [-0.2, 0) is 4.79 Å². The first kappa shape index (κ1) is 13.2. The zero-order valence-corrected chi connectivity index (χ0v) is 10.4. The summed E-state index contributed by atoms with van der Waals surface area (Å²) in [5.74, 6) is 0.00439. The Balaban J connectivity index is 2.60. The predicted octanol–water partition coefficient (Wildman–Crippen LogP) is 0.813. The molecule has 0 aliphatic carbocycles. The molecule has 17 heavy (non-hydrogen) atoms. The van der Waals surface area contributed by atoms with Crippen LogP contribution in [-0.4, -0.2) is 26.0 Å². The Morgan fingerprint density at radius 1 is 1.35 bits per heavy atom. The highest BCUT2D eigenvalue weighted by atomic mass is 16.2. The lowest BCUT2D eigenvalue weighted by molar-refractivity contribution is -0.119. The van der Waals surface area contributed by atoms with Gasteiger partial charge in [-0.25, -0.2) is 0 Å². The molecule has 0 aliphatic rings. The van der Waals surface area contributed by atoms with Gasteiger partial charge in [-0.3, -0.25) is 4.79 Å². The van der Waals surface area contributed by atoms with Crippen LogP contribution in [0.15, 0.2) is 18.2 Å². The van der Waals surface area contributed by atoms with E-state index >= 15 is 0 Å². The molecular formula is C12H20N4O. The van der Waals surface area contributed by atoms with Crippen LogP contribution in [0, 0.1) is 0 Å². The minimum absolute atomic E-state index is 0.00439. The summed E-state index contributed by atoms with van der Waals surface area (Å²) in [4.78, 5) is 13.4. The Hall–Kier alpha value is -1.91. The summed E-state index contributed by atoms with van der Waals surface area (Å²) in [5.41, 5.74) is 13.3. The Kier molecular flexibility index (Phi) is 4.63. The molecule has 5 N–H and O–H groups in total. The van der Waals surface area contributed by atoms with E-state index in [2.05, 4.69) is 5.32 Å². The molecule has 1 amide bonds. The molecule has 5 heteroatoms. The van der Waals surface area contributed by atoms with Crippen molar-refractivity contribution >= 4 is 23.0 Å². The normalized spacial score (nSPS) is 10.0. The molecular weight excluding hydrogens is 216 g/mol. The van der Waals surface area contributed by atoms with Gasteiger partial charge in [-0.2, -0.15) is 0 Å². The third-order valence-electron chi connectivity index (χ3n) is 2.46. The van der Waals surface area contributed by atoms with E-state index in [1.54, 1.807) is 12.1 Å². The largest absolute Gasteiger partial charge is 0.397 e. The second kappa shape index (κ2) is 5.98. The summed E-state index contributed by atoms with van der Waals surface area (Å²) in [6, 6.07) is 5.35. The second-order valence-electron chi connectivity index (χ2n) is 4.02. The summed E-state index contributed by atoms with van der Waals surface area (Å²) in [6.07, 6.45) is 0.935. The van der Waals surface area contributed by atoms with Crippen LogP contribution in [0.2, 0.25) is 0 Å². The third kappa shape index (κ3) is 3.86. The molecule has 0 aliphatic heterocycles. The fourth-order valence-corrected chi connectivity index (χ4v) is 1.43. The maximum atomic E-state index is 11.5. The molecule has 0 saturated heterocycles. The van der Waals surface area contributed by atoms with Gasteiger partial charge in [0.2, 0.25) is 5.91 Å². The van der Waals surface area contributed by atoms with Crippen molar-refractivity contribution in [3.63, 3.8) is 0 Å². The van der Waals surface area contributed by atoms with Crippen molar-refractivity contribution in [3.8, 4) is 0 Å². The van der Waals surface area contributed by atoms with Crippen molar-refractivity contribution in [2.75, 3.05) is 36.5 Å². The highest BCUT2D eigenvalue weighted by Gasteiger charge is 2.07. The maximum Gasteiger partial charge on any atom is 0.239 e. The molecule has 1 aromatic rings. The molecule has 1 rings (SSSR count). The van der Waals surface area contributed by atoms with Gasteiger partial charge >= 0.3 is 0 Å². The monoisotopic (exact) mass is 236 g/mol. The van der Waals surface area contributed by atoms with Crippen molar-refractivity contribution < 1.29 is 4.79 Å². The van der Waals surface area contributed by atoms with Crippen LogP contribution < -0.4 is 21.7 Å². The van der Waals surface area contributed by atoms with Crippen LogP contribution in [0.5, 0.6) is 0 Å². The number of nitrogens with one attached hydrogen (secondary N) is 1. The molecule has 94 valence electrons. The van der Waals surface area contributed by atoms with Gasteiger partial charge in [0.05, 0.1) is 17.9 Å². The quantitative estimate of drug-likeness (QED) is 0.661. The summed E-state index contributed by atoms with van der Waals surface area (Å²) < 4.78 is 0. The predicted molar refractivity (Wildman–Crippen MR) is 71.8 cm³/mol. The summed E-state index contributed by atoms with van der Waals surface area (Å²) >= 11 is 0. The average Bonchev–Trinajstić information content (AvgIpc) is 2.30. The Morgan fingerprint density at radius 3 is 2.65 bits per heavy atom. The van der Waals surface area contributed by atoms with E-state index in [1.165, 1.54) is 0 Å². The molecule has 0 fully saturated rings. The lowest BCUT2D eigenvalue weighted by Crippen LogP contribution is -2.35. The number of rotatable bonds is 5. The number of carbonyl (C=O) groups excluding carboxylic acids is 1. The van der Waals surface area contributed by atoms with Crippen LogP contribution in [0.1, 0.15) is 13.3 Å². The number of likely N-dealkylation sites (N-methyl/N-ethyl adjacent to an activating group) is 1. The van der Waals surface area contributed by atoms with E-state index < -0.39 is 0 Å². The lowest BCUT2D eigenvalue weighted by Gasteiger charge is -2.19. The third-order valence-corrected chi connectivity index (χ3v) is 2.46. The van der Waals surface area contributed by atoms with Gasteiger partial charge in [-0.1, -0.05) is 6.92 Å². The van der Waals surface area contributed by atoms with Crippen molar-refractivity contribution in [2.45, 2.75) is 13.3 Å². The van der Waals surface area contributed by atoms with Gasteiger partial charge in [0.1, 0.15) is 0 Å². The van der Waals surface area contributed by atoms with Crippen molar-refractivity contribution in [2.24, 2.45) is 0 Å². The Labute approximate surface area is 102 Å². The number of hydrogen-bond acceptors (Lipinski definition) is 4. The molecule has 0 radical (unpaired) electrons. The number of anilines is 3. The first-order valence-electron chi connectivity index (χ1n) is 5.67. The van der Waals surface area contributed by atoms with Crippen LogP contribution in [0.25, 0.3) is 0 Å².